The third kappa shape index (κ3) is 5.84. The Balaban J connectivity index is 3.06. The van der Waals surface area contributed by atoms with Crippen LogP contribution in [0.5, 0.6) is 0 Å². The maximum absolute atomic E-state index is 8.65. The minimum atomic E-state index is 0.340. The van der Waals surface area contributed by atoms with Gasteiger partial charge in [-0.1, -0.05) is 27.2 Å². The summed E-state index contributed by atoms with van der Waals surface area (Å²) in [6.45, 7) is 6.85. The van der Waals surface area contributed by atoms with Gasteiger partial charge in [0.25, 0.3) is 0 Å². The van der Waals surface area contributed by atoms with E-state index in [0.717, 1.165) is 12.3 Å². The van der Waals surface area contributed by atoms with Gasteiger partial charge < -0.3 is 5.11 Å². The number of hydrogen-bond donors (Lipinski definition) is 1. The summed E-state index contributed by atoms with van der Waals surface area (Å²) in [7, 11) is 0. The standard InChI is InChI=1S/C8H18O/c1-7(2)4-5-8(3)6-9/h7-9H,4-6H2,1-3H3/t8-/m1/s1. The predicted octanol–water partition coefficient (Wildman–Crippen LogP) is 2.05. The van der Waals surface area contributed by atoms with Gasteiger partial charge in [-0.05, 0) is 18.3 Å². The van der Waals surface area contributed by atoms with E-state index in [1.54, 1.807) is 0 Å². The Bertz CT molecular complexity index is 59.6. The first-order valence-corrected chi connectivity index (χ1v) is 3.77. The van der Waals surface area contributed by atoms with Crippen LogP contribution in [-0.2, 0) is 0 Å². The maximum atomic E-state index is 8.65. The van der Waals surface area contributed by atoms with Gasteiger partial charge in [-0.25, -0.2) is 0 Å². The van der Waals surface area contributed by atoms with Crippen LogP contribution in [-0.4, -0.2) is 11.7 Å². The fraction of sp³-hybridized carbons (Fsp3) is 1.00. The summed E-state index contributed by atoms with van der Waals surface area (Å²) in [6.07, 6.45) is 2.40. The highest BCUT2D eigenvalue weighted by Gasteiger charge is 2.00. The maximum Gasteiger partial charge on any atom is 0.0456 e. The number of hydrogen-bond acceptors (Lipinski definition) is 1. The highest BCUT2D eigenvalue weighted by molar-refractivity contribution is 4.52. The lowest BCUT2D eigenvalue weighted by atomic mass is 10.0. The first-order valence-electron chi connectivity index (χ1n) is 3.77. The van der Waals surface area contributed by atoms with Gasteiger partial charge in [0.15, 0.2) is 0 Å². The molecule has 0 saturated heterocycles. The van der Waals surface area contributed by atoms with Crippen molar-refractivity contribution in [2.75, 3.05) is 6.61 Å². The third-order valence-electron chi connectivity index (χ3n) is 1.55. The van der Waals surface area contributed by atoms with E-state index in [4.69, 9.17) is 5.11 Å². The Morgan fingerprint density at radius 3 is 2.00 bits per heavy atom. The second-order valence-electron chi connectivity index (χ2n) is 3.26. The summed E-state index contributed by atoms with van der Waals surface area (Å²) < 4.78 is 0. The molecule has 0 aliphatic heterocycles. The average Bonchev–Trinajstić information content (AvgIpc) is 1.83. The van der Waals surface area contributed by atoms with Gasteiger partial charge in [0.1, 0.15) is 0 Å². The second-order valence-corrected chi connectivity index (χ2v) is 3.26. The van der Waals surface area contributed by atoms with Crippen molar-refractivity contribution < 1.29 is 5.11 Å². The van der Waals surface area contributed by atoms with E-state index in [9.17, 15) is 0 Å². The Kier molecular flexibility index (Phi) is 4.78. The summed E-state index contributed by atoms with van der Waals surface area (Å²) >= 11 is 0. The number of rotatable bonds is 4. The molecule has 1 nitrogen and oxygen atoms in total. The minimum absolute atomic E-state index is 0.340. The van der Waals surface area contributed by atoms with Crippen LogP contribution in [0.15, 0.2) is 0 Å². The van der Waals surface area contributed by atoms with Crippen molar-refractivity contribution in [3.63, 3.8) is 0 Å². The van der Waals surface area contributed by atoms with Gasteiger partial charge in [-0.2, -0.15) is 0 Å². The van der Waals surface area contributed by atoms with Crippen LogP contribution in [0.25, 0.3) is 0 Å². The van der Waals surface area contributed by atoms with Crippen molar-refractivity contribution in [1.29, 1.82) is 0 Å². The zero-order valence-electron chi connectivity index (χ0n) is 6.72. The molecule has 0 aromatic heterocycles. The summed E-state index contributed by atoms with van der Waals surface area (Å²) in [5, 5.41) is 8.65. The van der Waals surface area contributed by atoms with Crippen molar-refractivity contribution >= 4 is 0 Å². The Hall–Kier alpha value is -0.0400. The molecular formula is C8H18O. The highest BCUT2D eigenvalue weighted by Crippen LogP contribution is 2.10. The zero-order valence-corrected chi connectivity index (χ0v) is 6.72. The van der Waals surface area contributed by atoms with E-state index in [0.29, 0.717) is 12.5 Å². The molecule has 0 radical (unpaired) electrons. The predicted molar refractivity (Wildman–Crippen MR) is 40.3 cm³/mol. The van der Waals surface area contributed by atoms with Crippen molar-refractivity contribution in [3.05, 3.63) is 0 Å². The lowest BCUT2D eigenvalue weighted by Crippen LogP contribution is -2.01. The van der Waals surface area contributed by atoms with E-state index >= 15 is 0 Å². The largest absolute Gasteiger partial charge is 0.396 e. The molecule has 0 fully saturated rings. The summed E-state index contributed by atoms with van der Waals surface area (Å²) in [6, 6.07) is 0. The van der Waals surface area contributed by atoms with Gasteiger partial charge in [-0.15, -0.1) is 0 Å². The van der Waals surface area contributed by atoms with Gasteiger partial charge >= 0.3 is 0 Å². The molecule has 0 aromatic rings. The smallest absolute Gasteiger partial charge is 0.0456 e. The lowest BCUT2D eigenvalue weighted by Gasteiger charge is -2.08. The first-order chi connectivity index (χ1) is 4.16. The minimum Gasteiger partial charge on any atom is -0.396 e. The Labute approximate surface area is 58.1 Å². The molecule has 56 valence electrons. The van der Waals surface area contributed by atoms with Crippen LogP contribution in [0, 0.1) is 11.8 Å². The topological polar surface area (TPSA) is 20.2 Å². The van der Waals surface area contributed by atoms with Crippen LogP contribution in [0.4, 0.5) is 0 Å². The monoisotopic (exact) mass is 130 g/mol. The number of aliphatic hydroxyl groups excluding tert-OH is 1. The molecule has 0 heterocycles. The van der Waals surface area contributed by atoms with Gasteiger partial charge in [0.05, 0.1) is 0 Å². The van der Waals surface area contributed by atoms with E-state index in [-0.39, 0.29) is 0 Å². The average molecular weight is 130 g/mol. The van der Waals surface area contributed by atoms with Crippen LogP contribution in [0.3, 0.4) is 0 Å². The molecule has 0 saturated carbocycles. The molecule has 1 atom stereocenters. The van der Waals surface area contributed by atoms with E-state index in [2.05, 4.69) is 20.8 Å². The van der Waals surface area contributed by atoms with Crippen molar-refractivity contribution in [2.45, 2.75) is 33.6 Å². The molecule has 0 amide bonds. The highest BCUT2D eigenvalue weighted by atomic mass is 16.3. The van der Waals surface area contributed by atoms with Gasteiger partial charge in [0, 0.05) is 6.61 Å². The Morgan fingerprint density at radius 1 is 1.11 bits per heavy atom. The van der Waals surface area contributed by atoms with E-state index in [1.807, 2.05) is 0 Å². The van der Waals surface area contributed by atoms with Crippen LogP contribution < -0.4 is 0 Å². The van der Waals surface area contributed by atoms with Crippen molar-refractivity contribution in [2.24, 2.45) is 11.8 Å². The molecule has 0 spiro atoms. The van der Waals surface area contributed by atoms with Crippen LogP contribution >= 0.6 is 0 Å². The quantitative estimate of drug-likeness (QED) is 0.617. The van der Waals surface area contributed by atoms with Gasteiger partial charge in [0.2, 0.25) is 0 Å². The molecule has 0 rings (SSSR count). The second kappa shape index (κ2) is 4.80. The Morgan fingerprint density at radius 2 is 1.67 bits per heavy atom. The third-order valence-corrected chi connectivity index (χ3v) is 1.55. The van der Waals surface area contributed by atoms with Crippen molar-refractivity contribution in [3.8, 4) is 0 Å². The fourth-order valence-corrected chi connectivity index (χ4v) is 0.709. The molecule has 0 aliphatic rings. The van der Waals surface area contributed by atoms with Crippen LogP contribution in [0.1, 0.15) is 33.6 Å². The summed E-state index contributed by atoms with van der Waals surface area (Å²) in [4.78, 5) is 0. The summed E-state index contributed by atoms with van der Waals surface area (Å²) in [5.74, 6) is 1.27. The fourth-order valence-electron chi connectivity index (χ4n) is 0.709. The molecule has 0 bridgehead atoms. The van der Waals surface area contributed by atoms with E-state index in [1.165, 1.54) is 6.42 Å². The normalized spacial score (nSPS) is 14.3. The van der Waals surface area contributed by atoms with Crippen LogP contribution in [0.2, 0.25) is 0 Å². The molecule has 1 N–H and O–H groups in total. The summed E-state index contributed by atoms with van der Waals surface area (Å²) in [5.41, 5.74) is 0. The lowest BCUT2D eigenvalue weighted by molar-refractivity contribution is 0.224. The SMILES string of the molecule is CC(C)CC[C@@H](C)CO. The molecular weight excluding hydrogens is 112 g/mol. The molecule has 0 aliphatic carbocycles. The van der Waals surface area contributed by atoms with E-state index < -0.39 is 0 Å². The molecule has 9 heavy (non-hydrogen) atoms. The number of aliphatic hydroxyl groups is 1. The molecule has 0 aromatic carbocycles. The first kappa shape index (κ1) is 8.96. The van der Waals surface area contributed by atoms with Gasteiger partial charge in [-0.3, -0.25) is 0 Å². The zero-order chi connectivity index (χ0) is 7.28. The molecule has 0 unspecified atom stereocenters. The molecule has 1 heteroatoms. The van der Waals surface area contributed by atoms with Crippen molar-refractivity contribution in [1.82, 2.24) is 0 Å².